The SMILES string of the molecule is CCC1COc2ccc3c(c2O1)CC(=O)N3. The maximum absolute atomic E-state index is 11.3. The van der Waals surface area contributed by atoms with E-state index in [9.17, 15) is 4.79 Å². The van der Waals surface area contributed by atoms with Gasteiger partial charge in [-0.15, -0.1) is 0 Å². The summed E-state index contributed by atoms with van der Waals surface area (Å²) in [4.78, 5) is 11.3. The minimum absolute atomic E-state index is 0.0191. The molecule has 4 heteroatoms. The first kappa shape index (κ1) is 9.51. The van der Waals surface area contributed by atoms with Crippen LogP contribution in [0.25, 0.3) is 0 Å². The molecule has 0 saturated carbocycles. The number of hydrogen-bond acceptors (Lipinski definition) is 3. The van der Waals surface area contributed by atoms with Crippen LogP contribution in [-0.2, 0) is 11.2 Å². The minimum Gasteiger partial charge on any atom is -0.486 e. The van der Waals surface area contributed by atoms with Gasteiger partial charge in [0.25, 0.3) is 0 Å². The first-order valence-electron chi connectivity index (χ1n) is 5.53. The molecule has 0 saturated heterocycles. The fourth-order valence-corrected chi connectivity index (χ4v) is 2.08. The third-order valence-electron chi connectivity index (χ3n) is 3.00. The first-order chi connectivity index (χ1) is 7.78. The topological polar surface area (TPSA) is 47.6 Å². The normalized spacial score (nSPS) is 21.6. The summed E-state index contributed by atoms with van der Waals surface area (Å²) >= 11 is 0. The van der Waals surface area contributed by atoms with E-state index in [1.54, 1.807) is 0 Å². The molecule has 0 spiro atoms. The number of anilines is 1. The molecular weight excluding hydrogens is 206 g/mol. The highest BCUT2D eigenvalue weighted by Gasteiger charge is 2.29. The van der Waals surface area contributed by atoms with Crippen LogP contribution in [0.4, 0.5) is 5.69 Å². The van der Waals surface area contributed by atoms with Crippen molar-refractivity contribution < 1.29 is 14.3 Å². The van der Waals surface area contributed by atoms with Crippen LogP contribution in [0, 0.1) is 0 Å². The van der Waals surface area contributed by atoms with Crippen molar-refractivity contribution in [1.29, 1.82) is 0 Å². The number of nitrogens with one attached hydrogen (secondary N) is 1. The Balaban J connectivity index is 2.04. The predicted octanol–water partition coefficient (Wildman–Crippen LogP) is 1.73. The van der Waals surface area contributed by atoms with Crippen molar-refractivity contribution in [3.05, 3.63) is 17.7 Å². The second-order valence-corrected chi connectivity index (χ2v) is 4.10. The Morgan fingerprint density at radius 1 is 1.50 bits per heavy atom. The number of benzene rings is 1. The van der Waals surface area contributed by atoms with Crippen LogP contribution < -0.4 is 14.8 Å². The lowest BCUT2D eigenvalue weighted by molar-refractivity contribution is -0.115. The predicted molar refractivity (Wildman–Crippen MR) is 59.0 cm³/mol. The Morgan fingerprint density at radius 2 is 2.38 bits per heavy atom. The molecule has 0 aromatic heterocycles. The van der Waals surface area contributed by atoms with Gasteiger partial charge in [-0.1, -0.05) is 6.92 Å². The highest BCUT2D eigenvalue weighted by Crippen LogP contribution is 2.42. The van der Waals surface area contributed by atoms with Crippen LogP contribution >= 0.6 is 0 Å². The van der Waals surface area contributed by atoms with Crippen LogP contribution in [0.1, 0.15) is 18.9 Å². The maximum Gasteiger partial charge on any atom is 0.229 e. The number of amides is 1. The molecule has 0 radical (unpaired) electrons. The fourth-order valence-electron chi connectivity index (χ4n) is 2.08. The van der Waals surface area contributed by atoms with E-state index in [4.69, 9.17) is 9.47 Å². The van der Waals surface area contributed by atoms with E-state index >= 15 is 0 Å². The molecule has 1 aromatic carbocycles. The molecule has 0 bridgehead atoms. The van der Waals surface area contributed by atoms with Crippen molar-refractivity contribution in [3.63, 3.8) is 0 Å². The van der Waals surface area contributed by atoms with Gasteiger partial charge < -0.3 is 14.8 Å². The monoisotopic (exact) mass is 219 g/mol. The number of carbonyl (C=O) groups excluding carboxylic acids is 1. The molecule has 84 valence electrons. The molecule has 1 atom stereocenters. The van der Waals surface area contributed by atoms with Crippen LogP contribution in [0.15, 0.2) is 12.1 Å². The van der Waals surface area contributed by atoms with Gasteiger partial charge in [-0.05, 0) is 18.6 Å². The average Bonchev–Trinajstić information content (AvgIpc) is 2.69. The van der Waals surface area contributed by atoms with Gasteiger partial charge in [-0.25, -0.2) is 0 Å². The molecule has 16 heavy (non-hydrogen) atoms. The number of carbonyl (C=O) groups is 1. The fraction of sp³-hybridized carbons (Fsp3) is 0.417. The molecule has 2 aliphatic rings. The molecule has 1 N–H and O–H groups in total. The zero-order valence-corrected chi connectivity index (χ0v) is 9.08. The Labute approximate surface area is 93.5 Å². The molecule has 0 fully saturated rings. The number of rotatable bonds is 1. The van der Waals surface area contributed by atoms with E-state index in [1.165, 1.54) is 0 Å². The van der Waals surface area contributed by atoms with Crippen molar-refractivity contribution >= 4 is 11.6 Å². The molecule has 1 aromatic rings. The lowest BCUT2D eigenvalue weighted by Gasteiger charge is -2.27. The summed E-state index contributed by atoms with van der Waals surface area (Å²) in [6.07, 6.45) is 1.39. The number of hydrogen-bond donors (Lipinski definition) is 1. The highest BCUT2D eigenvalue weighted by atomic mass is 16.6. The lowest BCUT2D eigenvalue weighted by Crippen LogP contribution is -2.28. The summed E-state index contributed by atoms with van der Waals surface area (Å²) in [5.74, 6) is 1.51. The summed E-state index contributed by atoms with van der Waals surface area (Å²) in [6, 6.07) is 3.72. The van der Waals surface area contributed by atoms with E-state index in [2.05, 4.69) is 12.2 Å². The minimum atomic E-state index is 0.0191. The van der Waals surface area contributed by atoms with Crippen molar-refractivity contribution in [3.8, 4) is 11.5 Å². The van der Waals surface area contributed by atoms with Crippen LogP contribution in [0.3, 0.4) is 0 Å². The number of ether oxygens (including phenoxy) is 2. The summed E-state index contributed by atoms with van der Waals surface area (Å²) in [6.45, 7) is 2.65. The third-order valence-corrected chi connectivity index (χ3v) is 3.00. The summed E-state index contributed by atoms with van der Waals surface area (Å²) in [5.41, 5.74) is 1.78. The van der Waals surface area contributed by atoms with E-state index in [0.717, 1.165) is 29.2 Å². The maximum atomic E-state index is 11.3. The van der Waals surface area contributed by atoms with Crippen molar-refractivity contribution in [1.82, 2.24) is 0 Å². The Bertz CT molecular complexity index is 456. The summed E-state index contributed by atoms with van der Waals surface area (Å²) in [5, 5.41) is 2.81. The summed E-state index contributed by atoms with van der Waals surface area (Å²) in [7, 11) is 0. The lowest BCUT2D eigenvalue weighted by atomic mass is 10.1. The summed E-state index contributed by atoms with van der Waals surface area (Å²) < 4.78 is 11.5. The van der Waals surface area contributed by atoms with E-state index in [1.807, 2.05) is 12.1 Å². The standard InChI is InChI=1S/C12H13NO3/c1-2-7-6-15-10-4-3-9-8(12(10)16-7)5-11(14)13-9/h3-4,7H,2,5-6H2,1H3,(H,13,14). The second-order valence-electron chi connectivity index (χ2n) is 4.10. The third kappa shape index (κ3) is 1.33. The smallest absolute Gasteiger partial charge is 0.229 e. The van der Waals surface area contributed by atoms with Gasteiger partial charge in [0.2, 0.25) is 5.91 Å². The van der Waals surface area contributed by atoms with Gasteiger partial charge in [0.05, 0.1) is 6.42 Å². The average molecular weight is 219 g/mol. The molecule has 3 rings (SSSR count). The Morgan fingerprint density at radius 3 is 3.19 bits per heavy atom. The van der Waals surface area contributed by atoms with Gasteiger partial charge in [0, 0.05) is 11.3 Å². The van der Waals surface area contributed by atoms with Gasteiger partial charge >= 0.3 is 0 Å². The quantitative estimate of drug-likeness (QED) is 0.782. The van der Waals surface area contributed by atoms with E-state index in [0.29, 0.717) is 13.0 Å². The zero-order chi connectivity index (χ0) is 11.1. The molecule has 2 heterocycles. The Kier molecular flexibility index (Phi) is 2.02. The van der Waals surface area contributed by atoms with Gasteiger partial charge in [-0.3, -0.25) is 4.79 Å². The van der Waals surface area contributed by atoms with Gasteiger partial charge in [-0.2, -0.15) is 0 Å². The van der Waals surface area contributed by atoms with Crippen molar-refractivity contribution in [2.75, 3.05) is 11.9 Å². The van der Waals surface area contributed by atoms with Crippen LogP contribution in [0.5, 0.6) is 11.5 Å². The molecule has 0 aliphatic carbocycles. The largest absolute Gasteiger partial charge is 0.486 e. The zero-order valence-electron chi connectivity index (χ0n) is 9.08. The van der Waals surface area contributed by atoms with Gasteiger partial charge in [0.1, 0.15) is 12.7 Å². The highest BCUT2D eigenvalue weighted by molar-refractivity contribution is 6.00. The van der Waals surface area contributed by atoms with E-state index in [-0.39, 0.29) is 12.0 Å². The van der Waals surface area contributed by atoms with Crippen molar-refractivity contribution in [2.45, 2.75) is 25.9 Å². The molecule has 2 aliphatic heterocycles. The van der Waals surface area contributed by atoms with Crippen LogP contribution in [-0.4, -0.2) is 18.6 Å². The molecule has 1 amide bonds. The molecule has 4 nitrogen and oxygen atoms in total. The first-order valence-corrected chi connectivity index (χ1v) is 5.53. The van der Waals surface area contributed by atoms with Crippen LogP contribution in [0.2, 0.25) is 0 Å². The molecular formula is C12H13NO3. The van der Waals surface area contributed by atoms with Gasteiger partial charge in [0.15, 0.2) is 11.5 Å². The number of fused-ring (bicyclic) bond motifs is 3. The second kappa shape index (κ2) is 3.40. The Hall–Kier alpha value is -1.71. The van der Waals surface area contributed by atoms with Crippen molar-refractivity contribution in [2.24, 2.45) is 0 Å². The molecule has 1 unspecified atom stereocenters. The van der Waals surface area contributed by atoms with E-state index < -0.39 is 0 Å².